The lowest BCUT2D eigenvalue weighted by atomic mass is 9.88. The second-order valence-electron chi connectivity index (χ2n) is 11.2. The van der Waals surface area contributed by atoms with E-state index in [0.29, 0.717) is 30.3 Å². The molecule has 1 aromatic carbocycles. The molecule has 3 heterocycles. The fourth-order valence-electron chi connectivity index (χ4n) is 4.08. The first kappa shape index (κ1) is 28.0. The third-order valence-corrected chi connectivity index (χ3v) is 7.66. The number of aryl methyl sites for hydroxylation is 1. The molecule has 3 aromatic heterocycles. The van der Waals surface area contributed by atoms with Crippen LogP contribution in [0.4, 0.5) is 0 Å². The zero-order valence-electron chi connectivity index (χ0n) is 22.7. The van der Waals surface area contributed by atoms with Crippen LogP contribution in [0.5, 0.6) is 5.75 Å². The number of nitrogens with zero attached hydrogens (tertiary/aromatic N) is 3. The van der Waals surface area contributed by atoms with Crippen molar-refractivity contribution >= 4 is 40.4 Å². The van der Waals surface area contributed by atoms with E-state index in [1.807, 2.05) is 55.6 Å². The lowest BCUT2D eigenvalue weighted by molar-refractivity contribution is -0.146. The van der Waals surface area contributed by atoms with Crippen LogP contribution >= 0.6 is 23.4 Å². The Labute approximate surface area is 233 Å². The van der Waals surface area contributed by atoms with Crippen molar-refractivity contribution in [1.82, 2.24) is 14.5 Å². The van der Waals surface area contributed by atoms with Crippen molar-refractivity contribution in [2.45, 2.75) is 70.8 Å². The van der Waals surface area contributed by atoms with Crippen molar-refractivity contribution in [1.29, 1.82) is 0 Å². The Morgan fingerprint density at radius 2 is 1.76 bits per heavy atom. The number of hydrogen-bond acceptors (Lipinski definition) is 5. The van der Waals surface area contributed by atoms with E-state index in [1.165, 1.54) is 0 Å². The Morgan fingerprint density at radius 1 is 1.05 bits per heavy atom. The van der Waals surface area contributed by atoms with Crippen molar-refractivity contribution in [2.24, 2.45) is 5.41 Å². The molecular weight excluding hydrogens is 518 g/mol. The van der Waals surface area contributed by atoms with E-state index in [4.69, 9.17) is 21.3 Å². The molecule has 0 saturated heterocycles. The second-order valence-corrected chi connectivity index (χ2v) is 13.5. The van der Waals surface area contributed by atoms with Crippen LogP contribution < -0.4 is 4.74 Å². The van der Waals surface area contributed by atoms with Gasteiger partial charge in [-0.1, -0.05) is 50.6 Å². The average Bonchev–Trinajstić information content (AvgIpc) is 3.10. The molecule has 0 saturated carbocycles. The average molecular weight is 552 g/mol. The smallest absolute Gasteiger partial charge is 0.309 e. The first-order valence-electron chi connectivity index (χ1n) is 12.5. The molecule has 0 bridgehead atoms. The molecule has 4 rings (SSSR count). The summed E-state index contributed by atoms with van der Waals surface area (Å²) in [5.74, 6) is -0.196. The minimum atomic E-state index is -0.963. The van der Waals surface area contributed by atoms with E-state index < -0.39 is 11.4 Å². The summed E-state index contributed by atoms with van der Waals surface area (Å²) in [5, 5.41) is 11.6. The molecule has 0 fully saturated rings. The molecular formula is C30H34ClN3O3S. The molecule has 0 unspecified atom stereocenters. The van der Waals surface area contributed by atoms with Gasteiger partial charge in [0.25, 0.3) is 0 Å². The van der Waals surface area contributed by atoms with Crippen molar-refractivity contribution in [3.05, 3.63) is 82.4 Å². The third kappa shape index (κ3) is 6.69. The standard InChI is InChI=1S/C30H34ClN3O3S/c1-19-7-12-22(32-15-19)18-37-23-13-24-26(38-29(2,3)4)25(14-30(5,6)28(35)36)34(27(24)33-16-23)17-20-8-10-21(31)11-9-20/h7-13,15-16H,14,17-18H2,1-6H3,(H,35,36). The number of carbonyl (C=O) groups is 1. The molecule has 0 aliphatic heterocycles. The van der Waals surface area contributed by atoms with Gasteiger partial charge in [-0.15, -0.1) is 11.8 Å². The van der Waals surface area contributed by atoms with E-state index in [1.54, 1.807) is 31.8 Å². The summed E-state index contributed by atoms with van der Waals surface area (Å²) in [5.41, 5.74) is 3.77. The number of carboxylic acid groups (broad SMARTS) is 1. The highest BCUT2D eigenvalue weighted by molar-refractivity contribution is 8.00. The van der Waals surface area contributed by atoms with Crippen molar-refractivity contribution < 1.29 is 14.6 Å². The van der Waals surface area contributed by atoms with Crippen molar-refractivity contribution in [2.75, 3.05) is 0 Å². The molecule has 0 aliphatic rings. The van der Waals surface area contributed by atoms with Gasteiger partial charge in [-0.3, -0.25) is 9.78 Å². The van der Waals surface area contributed by atoms with Gasteiger partial charge in [0.15, 0.2) is 0 Å². The van der Waals surface area contributed by atoms with Gasteiger partial charge in [0, 0.05) is 44.9 Å². The van der Waals surface area contributed by atoms with Gasteiger partial charge in [-0.25, -0.2) is 4.98 Å². The topological polar surface area (TPSA) is 77.2 Å². The Kier molecular flexibility index (Phi) is 8.09. The number of rotatable bonds is 9. The molecule has 200 valence electrons. The van der Waals surface area contributed by atoms with Crippen LogP contribution in [-0.2, 0) is 24.4 Å². The third-order valence-electron chi connectivity index (χ3n) is 6.14. The normalized spacial score (nSPS) is 12.2. The van der Waals surface area contributed by atoms with Gasteiger partial charge in [0.1, 0.15) is 18.0 Å². The van der Waals surface area contributed by atoms with Crippen LogP contribution in [0.3, 0.4) is 0 Å². The molecule has 38 heavy (non-hydrogen) atoms. The molecule has 0 atom stereocenters. The number of aliphatic carboxylic acids is 1. The van der Waals surface area contributed by atoms with Crippen LogP contribution in [0, 0.1) is 12.3 Å². The van der Waals surface area contributed by atoms with Gasteiger partial charge in [0.2, 0.25) is 0 Å². The SMILES string of the molecule is Cc1ccc(COc2cnc3c(c2)c(SC(C)(C)C)c(CC(C)(C)C(=O)O)n3Cc2ccc(Cl)cc2)nc1. The van der Waals surface area contributed by atoms with Crippen LogP contribution in [0.15, 0.2) is 59.8 Å². The summed E-state index contributed by atoms with van der Waals surface area (Å²) in [6.45, 7) is 12.9. The van der Waals surface area contributed by atoms with Gasteiger partial charge in [-0.05, 0) is 56.2 Å². The monoisotopic (exact) mass is 551 g/mol. The lowest BCUT2D eigenvalue weighted by Crippen LogP contribution is -2.28. The first-order chi connectivity index (χ1) is 17.8. The van der Waals surface area contributed by atoms with Crippen molar-refractivity contribution in [3.63, 3.8) is 0 Å². The van der Waals surface area contributed by atoms with Gasteiger partial charge in [0.05, 0.1) is 17.3 Å². The quantitative estimate of drug-likeness (QED) is 0.216. The molecule has 6 nitrogen and oxygen atoms in total. The van der Waals surface area contributed by atoms with Crippen molar-refractivity contribution in [3.8, 4) is 5.75 Å². The minimum Gasteiger partial charge on any atom is -0.486 e. The maximum absolute atomic E-state index is 12.2. The van der Waals surface area contributed by atoms with Crippen LogP contribution in [0.25, 0.3) is 11.0 Å². The van der Waals surface area contributed by atoms with Crippen LogP contribution in [0.1, 0.15) is 57.1 Å². The molecule has 0 amide bonds. The Bertz CT molecular complexity index is 1440. The van der Waals surface area contributed by atoms with Gasteiger partial charge < -0.3 is 14.4 Å². The maximum atomic E-state index is 12.2. The van der Waals surface area contributed by atoms with E-state index in [2.05, 4.69) is 30.3 Å². The number of thioether (sulfide) groups is 1. The lowest BCUT2D eigenvalue weighted by Gasteiger charge is -2.24. The number of fused-ring (bicyclic) bond motifs is 1. The summed E-state index contributed by atoms with van der Waals surface area (Å²) in [6, 6.07) is 13.7. The summed E-state index contributed by atoms with van der Waals surface area (Å²) < 4.78 is 8.13. The molecule has 8 heteroatoms. The number of halogens is 1. The second kappa shape index (κ2) is 11.0. The van der Waals surface area contributed by atoms with E-state index in [0.717, 1.165) is 38.4 Å². The Morgan fingerprint density at radius 3 is 2.37 bits per heavy atom. The Balaban J connectivity index is 1.84. The molecule has 4 aromatic rings. The van der Waals surface area contributed by atoms with Crippen LogP contribution in [-0.4, -0.2) is 30.4 Å². The Hall–Kier alpha value is -3.03. The van der Waals surface area contributed by atoms with E-state index >= 15 is 0 Å². The van der Waals surface area contributed by atoms with Gasteiger partial charge >= 0.3 is 5.97 Å². The predicted octanol–water partition coefficient (Wildman–Crippen LogP) is 7.56. The molecule has 0 aliphatic carbocycles. The number of ether oxygens (including phenoxy) is 1. The van der Waals surface area contributed by atoms with E-state index in [9.17, 15) is 9.90 Å². The highest BCUT2D eigenvalue weighted by atomic mass is 35.5. The fourth-order valence-corrected chi connectivity index (χ4v) is 5.38. The van der Waals surface area contributed by atoms with Gasteiger partial charge in [-0.2, -0.15) is 0 Å². The summed E-state index contributed by atoms with van der Waals surface area (Å²) in [7, 11) is 0. The summed E-state index contributed by atoms with van der Waals surface area (Å²) in [4.78, 5) is 22.5. The fraction of sp³-hybridized carbons (Fsp3) is 0.367. The minimum absolute atomic E-state index is 0.107. The number of pyridine rings is 2. The number of carboxylic acids is 1. The zero-order chi connectivity index (χ0) is 27.7. The highest BCUT2D eigenvalue weighted by Gasteiger charge is 2.33. The number of benzene rings is 1. The number of hydrogen-bond donors (Lipinski definition) is 1. The summed E-state index contributed by atoms with van der Waals surface area (Å²) >= 11 is 7.86. The van der Waals surface area contributed by atoms with Crippen LogP contribution in [0.2, 0.25) is 5.02 Å². The zero-order valence-corrected chi connectivity index (χ0v) is 24.3. The predicted molar refractivity (Wildman–Crippen MR) is 154 cm³/mol. The maximum Gasteiger partial charge on any atom is 0.309 e. The first-order valence-corrected chi connectivity index (χ1v) is 13.7. The number of aromatic nitrogens is 3. The largest absolute Gasteiger partial charge is 0.486 e. The molecule has 0 spiro atoms. The molecule has 1 N–H and O–H groups in total. The summed E-state index contributed by atoms with van der Waals surface area (Å²) in [6.07, 6.45) is 3.91. The highest BCUT2D eigenvalue weighted by Crippen LogP contribution is 2.43. The van der Waals surface area contributed by atoms with E-state index in [-0.39, 0.29) is 4.75 Å². The molecule has 0 radical (unpaired) electrons.